The van der Waals surface area contributed by atoms with Crippen molar-refractivity contribution in [3.8, 4) is 33.4 Å². The van der Waals surface area contributed by atoms with Crippen molar-refractivity contribution in [1.82, 2.24) is 0 Å². The van der Waals surface area contributed by atoms with Gasteiger partial charge in [-0.25, -0.2) is 4.79 Å². The van der Waals surface area contributed by atoms with Crippen LogP contribution in [0.4, 0.5) is 0 Å². The van der Waals surface area contributed by atoms with E-state index < -0.39 is 5.97 Å². The summed E-state index contributed by atoms with van der Waals surface area (Å²) in [6.07, 6.45) is 0. The van der Waals surface area contributed by atoms with E-state index in [4.69, 9.17) is 0 Å². The number of hydrogen-bond donors (Lipinski definition) is 1. The number of rotatable bonds is 4. The van der Waals surface area contributed by atoms with Gasteiger partial charge < -0.3 is 5.11 Å². The first-order valence-corrected chi connectivity index (χ1v) is 10.2. The highest BCUT2D eigenvalue weighted by Crippen LogP contribution is 2.43. The summed E-state index contributed by atoms with van der Waals surface area (Å²) < 4.78 is 0. The van der Waals surface area contributed by atoms with E-state index in [1.54, 1.807) is 12.1 Å². The molecule has 0 aliphatic carbocycles. The molecule has 31 heavy (non-hydrogen) atoms. The first-order chi connectivity index (χ1) is 15.2. The highest BCUT2D eigenvalue weighted by Gasteiger charge is 2.18. The van der Waals surface area contributed by atoms with E-state index in [9.17, 15) is 9.90 Å². The van der Waals surface area contributed by atoms with Crippen LogP contribution in [0.25, 0.3) is 44.2 Å². The standard InChI is InChI=1S/C29H20O2/c30-29(31)24-18-23-16-17-25(20-10-4-1-5-11-20)27(22-14-8-3-9-15-22)28(23)26(19-24)21-12-6-2-7-13-21/h1-19H,(H,30,31). The van der Waals surface area contributed by atoms with Gasteiger partial charge in [-0.05, 0) is 56.3 Å². The molecule has 0 aromatic heterocycles. The highest BCUT2D eigenvalue weighted by atomic mass is 16.4. The molecule has 0 atom stereocenters. The maximum absolute atomic E-state index is 11.9. The lowest BCUT2D eigenvalue weighted by molar-refractivity contribution is 0.0697. The Labute approximate surface area is 181 Å². The molecule has 0 aliphatic heterocycles. The summed E-state index contributed by atoms with van der Waals surface area (Å²) in [6.45, 7) is 0. The van der Waals surface area contributed by atoms with E-state index in [0.717, 1.165) is 44.2 Å². The lowest BCUT2D eigenvalue weighted by Crippen LogP contribution is -1.99. The fourth-order valence-corrected chi connectivity index (χ4v) is 4.20. The van der Waals surface area contributed by atoms with Crippen LogP contribution in [0.3, 0.4) is 0 Å². The molecule has 0 bridgehead atoms. The predicted molar refractivity (Wildman–Crippen MR) is 127 cm³/mol. The molecule has 0 amide bonds. The van der Waals surface area contributed by atoms with Gasteiger partial charge in [-0.1, -0.05) is 103 Å². The molecule has 0 saturated heterocycles. The molecule has 5 aromatic rings. The van der Waals surface area contributed by atoms with Crippen LogP contribution >= 0.6 is 0 Å². The van der Waals surface area contributed by atoms with Gasteiger partial charge in [0.05, 0.1) is 5.56 Å². The molecular formula is C29H20O2. The largest absolute Gasteiger partial charge is 0.478 e. The van der Waals surface area contributed by atoms with Gasteiger partial charge in [-0.2, -0.15) is 0 Å². The van der Waals surface area contributed by atoms with Gasteiger partial charge in [-0.15, -0.1) is 0 Å². The average Bonchev–Trinajstić information content (AvgIpc) is 2.84. The third-order valence-corrected chi connectivity index (χ3v) is 5.60. The maximum Gasteiger partial charge on any atom is 0.335 e. The normalized spacial score (nSPS) is 10.8. The minimum Gasteiger partial charge on any atom is -0.478 e. The maximum atomic E-state index is 11.9. The number of aromatic carboxylic acids is 1. The van der Waals surface area contributed by atoms with Crippen molar-refractivity contribution in [2.75, 3.05) is 0 Å². The number of benzene rings is 5. The van der Waals surface area contributed by atoms with Crippen molar-refractivity contribution in [3.63, 3.8) is 0 Å². The Kier molecular flexibility index (Phi) is 4.81. The number of carboxylic acid groups (broad SMARTS) is 1. The zero-order valence-corrected chi connectivity index (χ0v) is 16.8. The molecule has 2 nitrogen and oxygen atoms in total. The lowest BCUT2D eigenvalue weighted by atomic mass is 9.85. The Bertz CT molecular complexity index is 1370. The molecule has 0 aliphatic rings. The molecule has 0 fully saturated rings. The fourth-order valence-electron chi connectivity index (χ4n) is 4.20. The van der Waals surface area contributed by atoms with Gasteiger partial charge in [0.2, 0.25) is 0 Å². The molecule has 0 radical (unpaired) electrons. The molecule has 0 spiro atoms. The van der Waals surface area contributed by atoms with Gasteiger partial charge in [0.15, 0.2) is 0 Å². The number of carboxylic acids is 1. The second-order valence-corrected chi connectivity index (χ2v) is 7.51. The van der Waals surface area contributed by atoms with E-state index in [1.807, 2.05) is 72.8 Å². The Hall–Kier alpha value is -4.17. The average molecular weight is 400 g/mol. The van der Waals surface area contributed by atoms with Crippen molar-refractivity contribution in [2.45, 2.75) is 0 Å². The predicted octanol–water partition coefficient (Wildman–Crippen LogP) is 7.54. The second kappa shape index (κ2) is 7.92. The quantitative estimate of drug-likeness (QED) is 0.338. The molecule has 148 valence electrons. The monoisotopic (exact) mass is 400 g/mol. The Balaban J connectivity index is 1.96. The van der Waals surface area contributed by atoms with E-state index in [1.165, 1.54) is 0 Å². The van der Waals surface area contributed by atoms with Gasteiger partial charge >= 0.3 is 5.97 Å². The van der Waals surface area contributed by atoms with Gasteiger partial charge in [0.25, 0.3) is 0 Å². The smallest absolute Gasteiger partial charge is 0.335 e. The van der Waals surface area contributed by atoms with Gasteiger partial charge in [0.1, 0.15) is 0 Å². The summed E-state index contributed by atoms with van der Waals surface area (Å²) >= 11 is 0. The minimum absolute atomic E-state index is 0.290. The molecule has 5 rings (SSSR count). The van der Waals surface area contributed by atoms with E-state index >= 15 is 0 Å². The second-order valence-electron chi connectivity index (χ2n) is 7.51. The summed E-state index contributed by atoms with van der Waals surface area (Å²) in [7, 11) is 0. The summed E-state index contributed by atoms with van der Waals surface area (Å²) in [5.41, 5.74) is 6.68. The molecule has 2 heteroatoms. The molecular weight excluding hydrogens is 380 g/mol. The van der Waals surface area contributed by atoms with E-state index in [0.29, 0.717) is 0 Å². The minimum atomic E-state index is -0.924. The van der Waals surface area contributed by atoms with Crippen molar-refractivity contribution in [3.05, 3.63) is 121 Å². The summed E-state index contributed by atoms with van der Waals surface area (Å²) in [5, 5.41) is 11.7. The SMILES string of the molecule is O=C(O)c1cc(-c2ccccc2)c2c(-c3ccccc3)c(-c3ccccc3)ccc2c1. The summed E-state index contributed by atoms with van der Waals surface area (Å²) in [6, 6.07) is 38.3. The molecule has 1 N–H and O–H groups in total. The summed E-state index contributed by atoms with van der Waals surface area (Å²) in [5.74, 6) is -0.924. The lowest BCUT2D eigenvalue weighted by Gasteiger charge is -2.18. The zero-order valence-electron chi connectivity index (χ0n) is 16.8. The van der Waals surface area contributed by atoms with Crippen LogP contribution in [0.5, 0.6) is 0 Å². The van der Waals surface area contributed by atoms with Crippen LogP contribution in [-0.4, -0.2) is 11.1 Å². The van der Waals surface area contributed by atoms with Crippen LogP contribution in [0.1, 0.15) is 10.4 Å². The Morgan fingerprint density at radius 3 is 1.61 bits per heavy atom. The van der Waals surface area contributed by atoms with Crippen LogP contribution in [0.2, 0.25) is 0 Å². The third kappa shape index (κ3) is 3.49. The van der Waals surface area contributed by atoms with Gasteiger partial charge in [-0.3, -0.25) is 0 Å². The van der Waals surface area contributed by atoms with Crippen molar-refractivity contribution in [1.29, 1.82) is 0 Å². The van der Waals surface area contributed by atoms with Crippen molar-refractivity contribution in [2.24, 2.45) is 0 Å². The van der Waals surface area contributed by atoms with Crippen molar-refractivity contribution < 1.29 is 9.90 Å². The molecule has 0 saturated carbocycles. The Morgan fingerprint density at radius 2 is 1.06 bits per heavy atom. The van der Waals surface area contributed by atoms with Crippen LogP contribution in [0.15, 0.2) is 115 Å². The van der Waals surface area contributed by atoms with E-state index in [-0.39, 0.29) is 5.56 Å². The van der Waals surface area contributed by atoms with Crippen LogP contribution < -0.4 is 0 Å². The van der Waals surface area contributed by atoms with Crippen molar-refractivity contribution >= 4 is 16.7 Å². The Morgan fingerprint density at radius 1 is 0.548 bits per heavy atom. The highest BCUT2D eigenvalue weighted by molar-refractivity contribution is 6.13. The first-order valence-electron chi connectivity index (χ1n) is 10.2. The van der Waals surface area contributed by atoms with Crippen LogP contribution in [0, 0.1) is 0 Å². The fraction of sp³-hybridized carbons (Fsp3) is 0. The molecule has 0 heterocycles. The summed E-state index contributed by atoms with van der Waals surface area (Å²) in [4.78, 5) is 11.9. The third-order valence-electron chi connectivity index (χ3n) is 5.60. The van der Waals surface area contributed by atoms with Crippen LogP contribution in [-0.2, 0) is 0 Å². The number of carbonyl (C=O) groups is 1. The van der Waals surface area contributed by atoms with E-state index in [2.05, 4.69) is 30.3 Å². The van der Waals surface area contributed by atoms with Gasteiger partial charge in [0, 0.05) is 0 Å². The topological polar surface area (TPSA) is 37.3 Å². The zero-order chi connectivity index (χ0) is 21.2. The molecule has 0 unspecified atom stereocenters. The first kappa shape index (κ1) is 18.8. The number of hydrogen-bond acceptors (Lipinski definition) is 1. The number of fused-ring (bicyclic) bond motifs is 1. The molecule has 5 aromatic carbocycles.